The number of carbonyl (C=O) groups is 4. The second-order valence-corrected chi connectivity index (χ2v) is 7.84. The van der Waals surface area contributed by atoms with Gasteiger partial charge in [-0.3, -0.25) is 19.4 Å². The van der Waals surface area contributed by atoms with Gasteiger partial charge >= 0.3 is 5.97 Å². The second-order valence-electron chi connectivity index (χ2n) is 7.11. The van der Waals surface area contributed by atoms with Gasteiger partial charge in [-0.05, 0) is 18.8 Å². The van der Waals surface area contributed by atoms with Gasteiger partial charge in [-0.25, -0.2) is 4.79 Å². The Labute approximate surface area is 192 Å². The minimum Gasteiger partial charge on any atom is -0.480 e. The van der Waals surface area contributed by atoms with E-state index < -0.39 is 47.9 Å². The number of amides is 3. The van der Waals surface area contributed by atoms with E-state index in [1.165, 1.54) is 0 Å². The van der Waals surface area contributed by atoms with Gasteiger partial charge in [0.25, 0.3) is 0 Å². The first kappa shape index (κ1) is 28.8. The summed E-state index contributed by atoms with van der Waals surface area (Å²) in [6.45, 7) is 3.63. The molecule has 0 saturated heterocycles. The molecule has 0 spiro atoms. The molecule has 3 amide bonds. The van der Waals surface area contributed by atoms with Crippen molar-refractivity contribution in [3.63, 3.8) is 0 Å². The molecule has 31 heavy (non-hydrogen) atoms. The van der Waals surface area contributed by atoms with Crippen molar-refractivity contribution in [1.82, 2.24) is 16.0 Å². The number of carboxylic acid groups (broad SMARTS) is 1. The number of nitrogens with one attached hydrogen (secondary N) is 3. The summed E-state index contributed by atoms with van der Waals surface area (Å²) in [6, 6.07) is -4.18. The highest BCUT2D eigenvalue weighted by atomic mass is 32.1. The molecule has 0 heterocycles. The molecule has 10 N–H and O–H groups in total. The van der Waals surface area contributed by atoms with Gasteiger partial charge in [-0.2, -0.15) is 25.3 Å². The molecule has 0 radical (unpaired) electrons. The van der Waals surface area contributed by atoms with E-state index in [4.69, 9.17) is 22.3 Å². The van der Waals surface area contributed by atoms with Gasteiger partial charge in [0.1, 0.15) is 18.1 Å². The predicted molar refractivity (Wildman–Crippen MR) is 124 cm³/mol. The highest BCUT2D eigenvalue weighted by Crippen LogP contribution is 2.06. The average Bonchev–Trinajstić information content (AvgIpc) is 2.70. The van der Waals surface area contributed by atoms with E-state index in [0.29, 0.717) is 6.42 Å². The van der Waals surface area contributed by atoms with Crippen LogP contribution in [0.25, 0.3) is 0 Å². The Kier molecular flexibility index (Phi) is 13.7. The molecule has 4 unspecified atom stereocenters. The Morgan fingerprint density at radius 1 is 0.935 bits per heavy atom. The second kappa shape index (κ2) is 14.8. The van der Waals surface area contributed by atoms with Crippen LogP contribution in [0.1, 0.15) is 26.7 Å². The molecule has 0 bridgehead atoms. The molecular weight excluding hydrogens is 446 g/mol. The number of thiol groups is 2. The van der Waals surface area contributed by atoms with Crippen molar-refractivity contribution >= 4 is 54.9 Å². The summed E-state index contributed by atoms with van der Waals surface area (Å²) in [5.74, 6) is -3.62. The Morgan fingerprint density at radius 2 is 1.52 bits per heavy atom. The van der Waals surface area contributed by atoms with E-state index in [1.807, 2.05) is 0 Å². The van der Waals surface area contributed by atoms with Crippen molar-refractivity contribution in [2.75, 3.05) is 18.1 Å². The number of guanidine groups is 1. The summed E-state index contributed by atoms with van der Waals surface area (Å²) < 4.78 is 0. The van der Waals surface area contributed by atoms with Crippen LogP contribution in [0, 0.1) is 5.92 Å². The van der Waals surface area contributed by atoms with Crippen molar-refractivity contribution in [3.05, 3.63) is 0 Å². The fourth-order valence-corrected chi connectivity index (χ4v) is 2.78. The van der Waals surface area contributed by atoms with Gasteiger partial charge in [0, 0.05) is 18.1 Å². The van der Waals surface area contributed by atoms with Crippen molar-refractivity contribution in [2.24, 2.45) is 28.1 Å². The molecule has 0 aromatic heterocycles. The normalized spacial score (nSPS) is 14.6. The summed E-state index contributed by atoms with van der Waals surface area (Å²) >= 11 is 7.87. The molecule has 14 heteroatoms. The van der Waals surface area contributed by atoms with Gasteiger partial charge in [0.05, 0.1) is 6.04 Å². The third-order valence-corrected chi connectivity index (χ3v) is 4.91. The van der Waals surface area contributed by atoms with Crippen LogP contribution in [-0.4, -0.2) is 77.0 Å². The third kappa shape index (κ3) is 11.1. The van der Waals surface area contributed by atoms with E-state index in [9.17, 15) is 19.2 Å². The molecule has 4 atom stereocenters. The summed E-state index contributed by atoms with van der Waals surface area (Å²) in [6.07, 6.45) is 0.459. The molecule has 0 fully saturated rings. The lowest BCUT2D eigenvalue weighted by atomic mass is 10.0. The Bertz CT molecular complexity index is 659. The third-order valence-electron chi connectivity index (χ3n) is 4.16. The summed E-state index contributed by atoms with van der Waals surface area (Å²) in [7, 11) is 0. The number of nitrogens with zero attached hydrogens (tertiary/aromatic N) is 1. The predicted octanol–water partition coefficient (Wildman–Crippen LogP) is -2.58. The Morgan fingerprint density at radius 3 is 1.97 bits per heavy atom. The van der Waals surface area contributed by atoms with Crippen LogP contribution in [0.2, 0.25) is 0 Å². The van der Waals surface area contributed by atoms with Crippen molar-refractivity contribution < 1.29 is 24.3 Å². The van der Waals surface area contributed by atoms with E-state index in [2.05, 4.69) is 46.2 Å². The van der Waals surface area contributed by atoms with Gasteiger partial charge < -0.3 is 38.3 Å². The highest BCUT2D eigenvalue weighted by molar-refractivity contribution is 7.80. The molecule has 0 aromatic carbocycles. The number of aliphatic carboxylic acids is 1. The van der Waals surface area contributed by atoms with Gasteiger partial charge in [-0.15, -0.1) is 0 Å². The Hall–Kier alpha value is -2.19. The van der Waals surface area contributed by atoms with Crippen molar-refractivity contribution in [1.29, 1.82) is 0 Å². The number of rotatable bonds is 14. The lowest BCUT2D eigenvalue weighted by molar-refractivity contribution is -0.141. The number of hydrogen-bond donors (Lipinski definition) is 9. The largest absolute Gasteiger partial charge is 0.480 e. The van der Waals surface area contributed by atoms with Crippen LogP contribution in [0.4, 0.5) is 0 Å². The quantitative estimate of drug-likeness (QED) is 0.0557. The van der Waals surface area contributed by atoms with Crippen LogP contribution < -0.4 is 33.2 Å². The van der Waals surface area contributed by atoms with Gasteiger partial charge in [-0.1, -0.05) is 13.8 Å². The first-order valence-corrected chi connectivity index (χ1v) is 10.9. The minimum atomic E-state index is -1.26. The average molecular weight is 480 g/mol. The molecule has 0 rings (SSSR count). The Balaban J connectivity index is 5.40. The van der Waals surface area contributed by atoms with E-state index >= 15 is 0 Å². The SMILES string of the molecule is CC(C)C(NC(=O)C(N)CS)C(=O)NC(CCCN=C(N)N)C(=O)NC(CS)C(=O)O. The molecule has 0 aliphatic rings. The molecule has 178 valence electrons. The van der Waals surface area contributed by atoms with E-state index in [-0.39, 0.29) is 36.3 Å². The topological polar surface area (TPSA) is 215 Å². The zero-order valence-electron chi connectivity index (χ0n) is 17.6. The molecule has 0 saturated carbocycles. The maximum absolute atomic E-state index is 12.8. The summed E-state index contributed by atoms with van der Waals surface area (Å²) in [4.78, 5) is 52.5. The maximum atomic E-state index is 12.8. The zero-order valence-corrected chi connectivity index (χ0v) is 19.4. The number of carbonyl (C=O) groups excluding carboxylic acids is 3. The first-order chi connectivity index (χ1) is 14.4. The fraction of sp³-hybridized carbons (Fsp3) is 0.706. The molecular formula is C17H33N7O5S2. The monoisotopic (exact) mass is 479 g/mol. The summed E-state index contributed by atoms with van der Waals surface area (Å²) in [5, 5.41) is 16.6. The molecule has 12 nitrogen and oxygen atoms in total. The van der Waals surface area contributed by atoms with Crippen LogP contribution in [-0.2, 0) is 19.2 Å². The lowest BCUT2D eigenvalue weighted by Crippen LogP contribution is -2.58. The number of carboxylic acids is 1. The summed E-state index contributed by atoms with van der Waals surface area (Å²) in [5.41, 5.74) is 16.2. The molecule has 0 aromatic rings. The van der Waals surface area contributed by atoms with Gasteiger partial charge in [0.2, 0.25) is 17.7 Å². The lowest BCUT2D eigenvalue weighted by Gasteiger charge is -2.26. The fourth-order valence-electron chi connectivity index (χ4n) is 2.37. The standard InChI is InChI=1S/C17H33N7O5S2/c1-8(2)12(24-13(25)9(18)6-30)15(27)22-10(4-3-5-21-17(19)20)14(26)23-11(7-31)16(28)29/h8-12,30-31H,3-7,18H2,1-2H3,(H,22,27)(H,23,26)(H,24,25)(H,28,29)(H4,19,20,21). The van der Waals surface area contributed by atoms with Crippen LogP contribution in [0.3, 0.4) is 0 Å². The number of hydrogen-bond acceptors (Lipinski definition) is 8. The smallest absolute Gasteiger partial charge is 0.327 e. The molecule has 0 aliphatic carbocycles. The number of nitrogens with two attached hydrogens (primary N) is 3. The van der Waals surface area contributed by atoms with Crippen LogP contribution >= 0.6 is 25.3 Å². The van der Waals surface area contributed by atoms with E-state index in [1.54, 1.807) is 13.8 Å². The minimum absolute atomic E-state index is 0.0917. The number of aliphatic imine (C=N–C) groups is 1. The van der Waals surface area contributed by atoms with Crippen molar-refractivity contribution in [3.8, 4) is 0 Å². The van der Waals surface area contributed by atoms with Crippen LogP contribution in [0.15, 0.2) is 4.99 Å². The maximum Gasteiger partial charge on any atom is 0.327 e. The van der Waals surface area contributed by atoms with Crippen LogP contribution in [0.5, 0.6) is 0 Å². The highest BCUT2D eigenvalue weighted by Gasteiger charge is 2.31. The molecule has 0 aliphatic heterocycles. The van der Waals surface area contributed by atoms with Crippen molar-refractivity contribution in [2.45, 2.75) is 50.9 Å². The van der Waals surface area contributed by atoms with Gasteiger partial charge in [0.15, 0.2) is 5.96 Å². The zero-order chi connectivity index (χ0) is 24.1. The first-order valence-electron chi connectivity index (χ1n) is 9.61. The van der Waals surface area contributed by atoms with E-state index in [0.717, 1.165) is 0 Å².